The quantitative estimate of drug-likeness (QED) is 0.683. The second kappa shape index (κ2) is 8.67. The summed E-state index contributed by atoms with van der Waals surface area (Å²) >= 11 is 0. The van der Waals surface area contributed by atoms with E-state index in [2.05, 4.69) is 34.1 Å². The number of pyridine rings is 1. The molecule has 5 heteroatoms. The largest absolute Gasteiger partial charge is 0.496 e. The zero-order chi connectivity index (χ0) is 21.0. The molecule has 1 saturated heterocycles. The van der Waals surface area contributed by atoms with Crippen LogP contribution in [-0.4, -0.2) is 36.0 Å². The highest BCUT2D eigenvalue weighted by Gasteiger charge is 2.43. The van der Waals surface area contributed by atoms with Crippen molar-refractivity contribution in [3.05, 3.63) is 84.2 Å². The van der Waals surface area contributed by atoms with Crippen molar-refractivity contribution in [1.82, 2.24) is 9.88 Å². The Kier molecular flexibility index (Phi) is 5.81. The van der Waals surface area contributed by atoms with Crippen molar-refractivity contribution in [3.63, 3.8) is 0 Å². The van der Waals surface area contributed by atoms with Crippen molar-refractivity contribution in [2.24, 2.45) is 5.73 Å². The van der Waals surface area contributed by atoms with Gasteiger partial charge in [-0.15, -0.1) is 0 Å². The molecule has 2 N–H and O–H groups in total. The predicted octanol–water partition coefficient (Wildman–Crippen LogP) is 3.78. The number of para-hydroxylation sites is 1. The van der Waals surface area contributed by atoms with E-state index in [-0.39, 0.29) is 5.91 Å². The zero-order valence-corrected chi connectivity index (χ0v) is 17.3. The zero-order valence-electron chi connectivity index (χ0n) is 17.3. The van der Waals surface area contributed by atoms with Crippen molar-refractivity contribution in [1.29, 1.82) is 0 Å². The van der Waals surface area contributed by atoms with Gasteiger partial charge in [0.05, 0.1) is 12.8 Å². The second-order valence-corrected chi connectivity index (χ2v) is 7.83. The van der Waals surface area contributed by atoms with Gasteiger partial charge in [0.15, 0.2) is 0 Å². The Morgan fingerprint density at radius 1 is 1.07 bits per heavy atom. The Hall–Kier alpha value is -3.18. The van der Waals surface area contributed by atoms with Crippen LogP contribution in [-0.2, 0) is 16.8 Å². The van der Waals surface area contributed by atoms with E-state index < -0.39 is 5.41 Å². The molecule has 4 rings (SSSR count). The number of piperidine rings is 1. The van der Waals surface area contributed by atoms with E-state index in [9.17, 15) is 4.79 Å². The topological polar surface area (TPSA) is 68.5 Å². The first-order chi connectivity index (χ1) is 14.6. The molecule has 1 atom stereocenters. The van der Waals surface area contributed by atoms with Gasteiger partial charge in [0.25, 0.3) is 0 Å². The minimum absolute atomic E-state index is 0.302. The number of amides is 1. The maximum atomic E-state index is 12.6. The van der Waals surface area contributed by atoms with E-state index >= 15 is 0 Å². The van der Waals surface area contributed by atoms with Gasteiger partial charge in [-0.25, -0.2) is 0 Å². The van der Waals surface area contributed by atoms with Gasteiger partial charge in [-0.05, 0) is 48.7 Å². The van der Waals surface area contributed by atoms with Crippen LogP contribution in [0.5, 0.6) is 5.75 Å². The van der Waals surface area contributed by atoms with Gasteiger partial charge in [-0.2, -0.15) is 0 Å². The summed E-state index contributed by atoms with van der Waals surface area (Å²) in [5.41, 5.74) is 9.35. The number of hydrogen-bond acceptors (Lipinski definition) is 4. The van der Waals surface area contributed by atoms with Gasteiger partial charge in [0.1, 0.15) is 11.2 Å². The lowest BCUT2D eigenvalue weighted by Crippen LogP contribution is -2.53. The lowest BCUT2D eigenvalue weighted by atomic mass is 9.76. The van der Waals surface area contributed by atoms with Crippen LogP contribution in [0.1, 0.15) is 24.1 Å². The lowest BCUT2D eigenvalue weighted by Gasteiger charge is -2.40. The average molecular weight is 402 g/mol. The molecule has 0 bridgehead atoms. The number of likely N-dealkylation sites (tertiary alicyclic amines) is 1. The second-order valence-electron chi connectivity index (χ2n) is 7.83. The van der Waals surface area contributed by atoms with E-state index in [1.807, 2.05) is 42.5 Å². The number of methoxy groups -OCH3 is 1. The number of nitrogens with zero attached hydrogens (tertiary/aromatic N) is 2. The predicted molar refractivity (Wildman–Crippen MR) is 118 cm³/mol. The maximum absolute atomic E-state index is 12.6. The molecule has 154 valence electrons. The van der Waals surface area contributed by atoms with Crippen LogP contribution in [0.2, 0.25) is 0 Å². The van der Waals surface area contributed by atoms with Crippen LogP contribution in [0.15, 0.2) is 72.9 Å². The first kappa shape index (κ1) is 20.1. The smallest absolute Gasteiger partial charge is 0.230 e. The molecular formula is C25H27N3O2. The Morgan fingerprint density at radius 2 is 1.80 bits per heavy atom. The van der Waals surface area contributed by atoms with Crippen LogP contribution in [0.25, 0.3) is 11.1 Å². The van der Waals surface area contributed by atoms with Crippen molar-refractivity contribution in [2.45, 2.75) is 24.8 Å². The molecule has 1 aromatic heterocycles. The van der Waals surface area contributed by atoms with Gasteiger partial charge in [-0.3, -0.25) is 14.7 Å². The minimum Gasteiger partial charge on any atom is -0.496 e. The third-order valence-corrected chi connectivity index (χ3v) is 6.01. The molecule has 0 unspecified atom stereocenters. The molecule has 30 heavy (non-hydrogen) atoms. The number of carbonyl (C=O) groups is 1. The molecule has 5 nitrogen and oxygen atoms in total. The Morgan fingerprint density at radius 3 is 2.53 bits per heavy atom. The third kappa shape index (κ3) is 3.81. The number of benzene rings is 2. The molecule has 1 amide bonds. The van der Waals surface area contributed by atoms with E-state index in [4.69, 9.17) is 10.5 Å². The summed E-state index contributed by atoms with van der Waals surface area (Å²) in [6.07, 6.45) is 3.36. The molecule has 2 heterocycles. The van der Waals surface area contributed by atoms with E-state index in [1.54, 1.807) is 13.3 Å². The van der Waals surface area contributed by atoms with E-state index in [0.717, 1.165) is 48.5 Å². The average Bonchev–Trinajstić information content (AvgIpc) is 2.80. The van der Waals surface area contributed by atoms with E-state index in [1.165, 1.54) is 5.56 Å². The minimum atomic E-state index is -0.751. The number of ether oxygens (including phenoxy) is 1. The molecule has 0 radical (unpaired) electrons. The van der Waals surface area contributed by atoms with Crippen LogP contribution in [0, 0.1) is 0 Å². The summed E-state index contributed by atoms with van der Waals surface area (Å²) in [6, 6.07) is 22.1. The monoisotopic (exact) mass is 401 g/mol. The molecule has 2 aromatic carbocycles. The normalized spacial score (nSPS) is 19.4. The molecule has 1 aliphatic rings. The van der Waals surface area contributed by atoms with Gasteiger partial charge in [-0.1, -0.05) is 48.5 Å². The fourth-order valence-corrected chi connectivity index (χ4v) is 4.49. The van der Waals surface area contributed by atoms with Crippen LogP contribution in [0.4, 0.5) is 0 Å². The summed E-state index contributed by atoms with van der Waals surface area (Å²) in [7, 11) is 1.69. The number of nitrogens with two attached hydrogens (primary N) is 1. The molecule has 1 fully saturated rings. The van der Waals surface area contributed by atoms with Crippen molar-refractivity contribution < 1.29 is 9.53 Å². The molecular weight excluding hydrogens is 374 g/mol. The number of aromatic nitrogens is 1. The van der Waals surface area contributed by atoms with Gasteiger partial charge >= 0.3 is 0 Å². The number of primary amides is 1. The highest BCUT2D eigenvalue weighted by Crippen LogP contribution is 2.36. The first-order valence-electron chi connectivity index (χ1n) is 10.3. The molecule has 1 aliphatic heterocycles. The Balaban J connectivity index is 1.65. The summed E-state index contributed by atoms with van der Waals surface area (Å²) in [6.45, 7) is 2.22. The highest BCUT2D eigenvalue weighted by atomic mass is 16.5. The fourth-order valence-electron chi connectivity index (χ4n) is 4.49. The standard InChI is InChI=1S/C25H27N3O2/c1-30-22-12-5-4-11-21(22)20-10-3-2-9-19(20)17-28-16-8-14-25(18-28,24(26)29)23-13-6-7-15-27-23/h2-7,9-13,15H,8,14,16-18H2,1H3,(H2,26,29)/t25-/m0/s1. The summed E-state index contributed by atoms with van der Waals surface area (Å²) in [5.74, 6) is 0.549. The molecule has 0 spiro atoms. The van der Waals surface area contributed by atoms with Crippen molar-refractivity contribution >= 4 is 5.91 Å². The molecule has 0 saturated carbocycles. The lowest BCUT2D eigenvalue weighted by molar-refractivity contribution is -0.126. The summed E-state index contributed by atoms with van der Waals surface area (Å²) < 4.78 is 5.58. The van der Waals surface area contributed by atoms with Gasteiger partial charge in [0.2, 0.25) is 5.91 Å². The maximum Gasteiger partial charge on any atom is 0.230 e. The molecule has 0 aliphatic carbocycles. The van der Waals surface area contributed by atoms with Gasteiger partial charge in [0, 0.05) is 24.8 Å². The molecule has 3 aromatic rings. The number of rotatable bonds is 6. The Bertz CT molecular complexity index is 1020. The highest BCUT2D eigenvalue weighted by molar-refractivity contribution is 5.86. The summed E-state index contributed by atoms with van der Waals surface area (Å²) in [4.78, 5) is 19.4. The SMILES string of the molecule is COc1ccccc1-c1ccccc1CN1CCC[C@@](C(N)=O)(c2ccccn2)C1. The van der Waals surface area contributed by atoms with E-state index in [0.29, 0.717) is 6.54 Å². The summed E-state index contributed by atoms with van der Waals surface area (Å²) in [5, 5.41) is 0. The number of hydrogen-bond donors (Lipinski definition) is 1. The third-order valence-electron chi connectivity index (χ3n) is 6.01. The van der Waals surface area contributed by atoms with Crippen LogP contribution in [0.3, 0.4) is 0 Å². The van der Waals surface area contributed by atoms with Crippen molar-refractivity contribution in [3.8, 4) is 16.9 Å². The number of carbonyl (C=O) groups excluding carboxylic acids is 1. The van der Waals surface area contributed by atoms with Gasteiger partial charge < -0.3 is 10.5 Å². The van der Waals surface area contributed by atoms with Crippen molar-refractivity contribution in [2.75, 3.05) is 20.2 Å². The first-order valence-corrected chi connectivity index (χ1v) is 10.3. The van der Waals surface area contributed by atoms with Crippen LogP contribution >= 0.6 is 0 Å². The van der Waals surface area contributed by atoms with Crippen LogP contribution < -0.4 is 10.5 Å². The Labute approximate surface area is 177 Å². The fraction of sp³-hybridized carbons (Fsp3) is 0.280.